The molecule has 4 rings (SSSR count). The van der Waals surface area contributed by atoms with Crippen LogP contribution in [-0.2, 0) is 19.9 Å². The minimum absolute atomic E-state index is 0.221. The first kappa shape index (κ1) is 25.2. The van der Waals surface area contributed by atoms with Crippen molar-refractivity contribution in [3.8, 4) is 0 Å². The van der Waals surface area contributed by atoms with Crippen LogP contribution in [0, 0.1) is 19.8 Å². The number of benzene rings is 1. The van der Waals surface area contributed by atoms with E-state index in [1.54, 1.807) is 30.5 Å². The lowest BCUT2D eigenvalue weighted by atomic mass is 9.79. The second-order valence-corrected chi connectivity index (χ2v) is 9.59. The molecule has 2 fully saturated rings. The van der Waals surface area contributed by atoms with Gasteiger partial charge in [-0.2, -0.15) is 0 Å². The Labute approximate surface area is 210 Å². The number of rotatable bonds is 5. The van der Waals surface area contributed by atoms with Crippen molar-refractivity contribution in [2.45, 2.75) is 39.3 Å². The highest BCUT2D eigenvalue weighted by Crippen LogP contribution is 2.33. The Morgan fingerprint density at radius 2 is 1.83 bits per heavy atom. The van der Waals surface area contributed by atoms with Crippen LogP contribution in [0.5, 0.6) is 0 Å². The lowest BCUT2D eigenvalue weighted by Crippen LogP contribution is -2.59. The normalized spacial score (nSPS) is 21.9. The first-order valence-electron chi connectivity index (χ1n) is 11.9. The number of amides is 4. The molecular formula is C26H31N5O5. The number of aromatic nitrogens is 1. The molecule has 2 atom stereocenters. The van der Waals surface area contributed by atoms with E-state index < -0.39 is 29.5 Å². The number of nitrogens with one attached hydrogen (secondary N) is 2. The molecular weight excluding hydrogens is 462 g/mol. The van der Waals surface area contributed by atoms with Gasteiger partial charge in [0.1, 0.15) is 17.4 Å². The van der Waals surface area contributed by atoms with E-state index in [4.69, 9.17) is 4.74 Å². The zero-order valence-electron chi connectivity index (χ0n) is 21.1. The van der Waals surface area contributed by atoms with E-state index in [0.717, 1.165) is 16.9 Å². The number of nitrogens with zero attached hydrogens (tertiary/aromatic N) is 3. The lowest BCUT2D eigenvalue weighted by Gasteiger charge is -2.41. The van der Waals surface area contributed by atoms with Gasteiger partial charge < -0.3 is 19.9 Å². The molecule has 2 aliphatic rings. The maximum absolute atomic E-state index is 13.5. The standard InChI is InChI=1S/C26H31N5O5/c1-15(2)26(24(34)28-25(35)29-26)19-8-6-18(7-9-19)22(32)31-11-10-30(14-20(31)23(33)36-5)21-17(4)12-16(3)13-27-21/h6-9,12-13,15,20H,10-11,14H2,1-5H3,(H2,28,29,34,35)/t20-,26+/m0/s1. The summed E-state index contributed by atoms with van der Waals surface area (Å²) in [6.07, 6.45) is 1.78. The lowest BCUT2D eigenvalue weighted by molar-refractivity contribution is -0.146. The quantitative estimate of drug-likeness (QED) is 0.482. The maximum Gasteiger partial charge on any atom is 0.330 e. The molecule has 1 aromatic carbocycles. The molecule has 0 unspecified atom stereocenters. The number of imide groups is 1. The van der Waals surface area contributed by atoms with Crippen molar-refractivity contribution in [1.29, 1.82) is 0 Å². The zero-order chi connectivity index (χ0) is 26.2. The van der Waals surface area contributed by atoms with E-state index in [9.17, 15) is 19.2 Å². The van der Waals surface area contributed by atoms with Crippen LogP contribution in [-0.4, -0.2) is 66.5 Å². The Morgan fingerprint density at radius 3 is 2.39 bits per heavy atom. The largest absolute Gasteiger partial charge is 0.467 e. The minimum Gasteiger partial charge on any atom is -0.467 e. The molecule has 0 radical (unpaired) electrons. The van der Waals surface area contributed by atoms with E-state index >= 15 is 0 Å². The molecule has 2 aromatic rings. The molecule has 3 heterocycles. The van der Waals surface area contributed by atoms with Crippen LogP contribution >= 0.6 is 0 Å². The van der Waals surface area contributed by atoms with Gasteiger partial charge in [-0.05, 0) is 48.6 Å². The fraction of sp³-hybridized carbons (Fsp3) is 0.423. The van der Waals surface area contributed by atoms with Gasteiger partial charge in [0, 0.05) is 24.8 Å². The first-order valence-corrected chi connectivity index (χ1v) is 11.9. The van der Waals surface area contributed by atoms with Crippen molar-refractivity contribution in [1.82, 2.24) is 20.5 Å². The maximum atomic E-state index is 13.5. The Hall–Kier alpha value is -3.95. The minimum atomic E-state index is -1.21. The fourth-order valence-electron chi connectivity index (χ4n) is 5.05. The number of anilines is 1. The van der Waals surface area contributed by atoms with Crippen LogP contribution in [0.2, 0.25) is 0 Å². The summed E-state index contributed by atoms with van der Waals surface area (Å²) in [7, 11) is 1.31. The number of esters is 1. The van der Waals surface area contributed by atoms with E-state index in [2.05, 4.69) is 15.6 Å². The van der Waals surface area contributed by atoms with E-state index in [1.165, 1.54) is 12.0 Å². The number of carbonyl (C=O) groups is 4. The molecule has 0 bridgehead atoms. The summed E-state index contributed by atoms with van der Waals surface area (Å²) in [5.41, 5.74) is 1.78. The topological polar surface area (TPSA) is 121 Å². The molecule has 10 nitrogen and oxygen atoms in total. The molecule has 2 N–H and O–H groups in total. The molecule has 0 spiro atoms. The third kappa shape index (κ3) is 4.27. The predicted octanol–water partition coefficient (Wildman–Crippen LogP) is 1.89. The smallest absolute Gasteiger partial charge is 0.330 e. The van der Waals surface area contributed by atoms with Gasteiger partial charge in [0.05, 0.1) is 13.7 Å². The van der Waals surface area contributed by atoms with E-state index in [-0.39, 0.29) is 18.4 Å². The third-order valence-electron chi connectivity index (χ3n) is 6.95. The molecule has 190 valence electrons. The van der Waals surface area contributed by atoms with Gasteiger partial charge in [0.15, 0.2) is 0 Å². The van der Waals surface area contributed by atoms with Gasteiger partial charge >= 0.3 is 12.0 Å². The summed E-state index contributed by atoms with van der Waals surface area (Å²) in [5.74, 6) is -0.686. The van der Waals surface area contributed by atoms with E-state index in [1.807, 2.05) is 38.7 Å². The average Bonchev–Trinajstić information content (AvgIpc) is 3.17. The van der Waals surface area contributed by atoms with Crippen molar-refractivity contribution in [3.05, 3.63) is 58.8 Å². The van der Waals surface area contributed by atoms with Crippen LogP contribution in [0.4, 0.5) is 10.6 Å². The number of pyridine rings is 1. The summed E-state index contributed by atoms with van der Waals surface area (Å²) in [5, 5.41) is 5.04. The summed E-state index contributed by atoms with van der Waals surface area (Å²) in [6, 6.07) is 7.25. The molecule has 1 aromatic heterocycles. The summed E-state index contributed by atoms with van der Waals surface area (Å²) >= 11 is 0. The van der Waals surface area contributed by atoms with Gasteiger partial charge in [-0.25, -0.2) is 14.6 Å². The zero-order valence-corrected chi connectivity index (χ0v) is 21.1. The number of hydrogen-bond acceptors (Lipinski definition) is 7. The fourth-order valence-corrected chi connectivity index (χ4v) is 5.05. The van der Waals surface area contributed by atoms with E-state index in [0.29, 0.717) is 24.2 Å². The van der Waals surface area contributed by atoms with Crippen molar-refractivity contribution in [2.75, 3.05) is 31.6 Å². The highest BCUT2D eigenvalue weighted by atomic mass is 16.5. The van der Waals surface area contributed by atoms with Crippen molar-refractivity contribution >= 4 is 29.6 Å². The number of aryl methyl sites for hydroxylation is 2. The second-order valence-electron chi connectivity index (χ2n) is 9.59. The number of carbonyl (C=O) groups excluding carboxylic acids is 4. The van der Waals surface area contributed by atoms with Crippen LogP contribution < -0.4 is 15.5 Å². The highest BCUT2D eigenvalue weighted by Gasteiger charge is 2.50. The summed E-state index contributed by atoms with van der Waals surface area (Å²) < 4.78 is 5.02. The van der Waals surface area contributed by atoms with Crippen molar-refractivity contribution in [3.63, 3.8) is 0 Å². The number of piperazine rings is 1. The van der Waals surface area contributed by atoms with Gasteiger partial charge in [-0.3, -0.25) is 14.9 Å². The SMILES string of the molecule is COC(=O)[C@@H]1CN(c2ncc(C)cc2C)CCN1C(=O)c1ccc([C@@]2(C(C)C)NC(=O)NC2=O)cc1. The Kier molecular flexibility index (Phi) is 6.71. The number of methoxy groups -OCH3 is 1. The van der Waals surface area contributed by atoms with Gasteiger partial charge in [0.2, 0.25) is 0 Å². The van der Waals surface area contributed by atoms with Crippen LogP contribution in [0.1, 0.15) is 40.9 Å². The number of urea groups is 1. The van der Waals surface area contributed by atoms with Crippen LogP contribution in [0.3, 0.4) is 0 Å². The summed E-state index contributed by atoms with van der Waals surface area (Å²) in [6.45, 7) is 8.71. The monoisotopic (exact) mass is 493 g/mol. The average molecular weight is 494 g/mol. The Balaban J connectivity index is 1.58. The van der Waals surface area contributed by atoms with Crippen molar-refractivity contribution in [2.24, 2.45) is 5.92 Å². The molecule has 36 heavy (non-hydrogen) atoms. The predicted molar refractivity (Wildman–Crippen MR) is 132 cm³/mol. The van der Waals surface area contributed by atoms with Gasteiger partial charge in [-0.15, -0.1) is 0 Å². The first-order chi connectivity index (χ1) is 17.1. The molecule has 2 saturated heterocycles. The molecule has 0 aliphatic carbocycles. The van der Waals surface area contributed by atoms with Gasteiger partial charge in [-0.1, -0.05) is 32.0 Å². The Morgan fingerprint density at radius 1 is 1.14 bits per heavy atom. The second kappa shape index (κ2) is 9.60. The molecule has 0 saturated carbocycles. The van der Waals surface area contributed by atoms with Crippen LogP contribution in [0.25, 0.3) is 0 Å². The van der Waals surface area contributed by atoms with Gasteiger partial charge in [0.25, 0.3) is 11.8 Å². The third-order valence-corrected chi connectivity index (χ3v) is 6.95. The number of ether oxygens (including phenoxy) is 1. The molecule has 10 heteroatoms. The molecule has 4 amide bonds. The highest BCUT2D eigenvalue weighted by molar-refractivity contribution is 6.07. The Bertz CT molecular complexity index is 1210. The van der Waals surface area contributed by atoms with Crippen molar-refractivity contribution < 1.29 is 23.9 Å². The molecule has 2 aliphatic heterocycles. The number of hydrogen-bond donors (Lipinski definition) is 2. The summed E-state index contributed by atoms with van der Waals surface area (Å²) in [4.78, 5) is 58.7. The van der Waals surface area contributed by atoms with Crippen LogP contribution in [0.15, 0.2) is 36.5 Å².